The van der Waals surface area contributed by atoms with Crippen molar-refractivity contribution in [2.45, 2.75) is 19.4 Å². The quantitative estimate of drug-likeness (QED) is 0.732. The number of hydrogen-bond donors (Lipinski definition) is 0. The van der Waals surface area contributed by atoms with E-state index >= 15 is 0 Å². The molecule has 0 bridgehead atoms. The lowest BCUT2D eigenvalue weighted by Crippen LogP contribution is -2.32. The van der Waals surface area contributed by atoms with Gasteiger partial charge in [0, 0.05) is 6.08 Å². The molecule has 0 aromatic heterocycles. The minimum absolute atomic E-state index is 0.169. The Balaban J connectivity index is 1.74. The summed E-state index contributed by atoms with van der Waals surface area (Å²) in [6.07, 6.45) is 3.38. The van der Waals surface area contributed by atoms with E-state index in [0.29, 0.717) is 6.61 Å². The van der Waals surface area contributed by atoms with Crippen LogP contribution in [0.5, 0.6) is 5.75 Å². The molecule has 2 aromatic carbocycles. The number of amides is 2. The standard InChI is InChI=1S/C21H21NO4/c1-2-13-25-18-10-6-7-16(14-18)11-12-20(23)22-19(15-26-21(22)24)17-8-4-3-5-9-17/h3-12,14,19H,2,13,15H2,1H3/b12-11+/t19-/m1/s1. The number of rotatable bonds is 6. The van der Waals surface area contributed by atoms with Crippen LogP contribution in [0.25, 0.3) is 6.08 Å². The molecule has 5 heteroatoms. The normalized spacial score (nSPS) is 16.7. The number of carbonyl (C=O) groups is 2. The van der Waals surface area contributed by atoms with Crippen LogP contribution in [0, 0.1) is 0 Å². The summed E-state index contributed by atoms with van der Waals surface area (Å²) < 4.78 is 10.7. The van der Waals surface area contributed by atoms with Gasteiger partial charge in [-0.15, -0.1) is 0 Å². The predicted octanol–water partition coefficient (Wildman–Crippen LogP) is 4.21. The van der Waals surface area contributed by atoms with Gasteiger partial charge in [0.2, 0.25) is 0 Å². The van der Waals surface area contributed by atoms with Crippen LogP contribution >= 0.6 is 0 Å². The Morgan fingerprint density at radius 3 is 2.81 bits per heavy atom. The zero-order chi connectivity index (χ0) is 18.4. The van der Waals surface area contributed by atoms with Crippen LogP contribution in [-0.2, 0) is 9.53 Å². The highest BCUT2D eigenvalue weighted by Gasteiger charge is 2.37. The van der Waals surface area contributed by atoms with Crippen molar-refractivity contribution >= 4 is 18.1 Å². The Kier molecular flexibility index (Phi) is 5.69. The van der Waals surface area contributed by atoms with Crippen molar-refractivity contribution in [2.75, 3.05) is 13.2 Å². The van der Waals surface area contributed by atoms with Crippen LogP contribution in [0.1, 0.15) is 30.5 Å². The first-order valence-electron chi connectivity index (χ1n) is 8.65. The number of benzene rings is 2. The maximum Gasteiger partial charge on any atom is 0.417 e. The molecule has 0 aliphatic carbocycles. The highest BCUT2D eigenvalue weighted by molar-refractivity contribution is 6.02. The highest BCUT2D eigenvalue weighted by atomic mass is 16.6. The lowest BCUT2D eigenvalue weighted by Gasteiger charge is -2.18. The fraction of sp³-hybridized carbons (Fsp3) is 0.238. The largest absolute Gasteiger partial charge is 0.494 e. The van der Waals surface area contributed by atoms with Gasteiger partial charge in [-0.05, 0) is 35.8 Å². The third kappa shape index (κ3) is 4.11. The molecule has 1 atom stereocenters. The lowest BCUT2D eigenvalue weighted by molar-refractivity contribution is -0.124. The van der Waals surface area contributed by atoms with Crippen molar-refractivity contribution < 1.29 is 19.1 Å². The first-order valence-corrected chi connectivity index (χ1v) is 8.65. The third-order valence-electron chi connectivity index (χ3n) is 4.04. The second-order valence-corrected chi connectivity index (χ2v) is 5.97. The van der Waals surface area contributed by atoms with E-state index in [1.165, 1.54) is 6.08 Å². The topological polar surface area (TPSA) is 55.8 Å². The van der Waals surface area contributed by atoms with E-state index in [1.807, 2.05) is 61.5 Å². The Morgan fingerprint density at radius 2 is 2.04 bits per heavy atom. The summed E-state index contributed by atoms with van der Waals surface area (Å²) >= 11 is 0. The van der Waals surface area contributed by atoms with Crippen molar-refractivity contribution in [3.05, 3.63) is 71.8 Å². The minimum atomic E-state index is -0.617. The Labute approximate surface area is 152 Å². The molecule has 1 aliphatic rings. The molecule has 2 aromatic rings. The van der Waals surface area contributed by atoms with Gasteiger partial charge in [-0.3, -0.25) is 4.79 Å². The summed E-state index contributed by atoms with van der Waals surface area (Å²) in [6, 6.07) is 16.5. The first kappa shape index (κ1) is 17.7. The van der Waals surface area contributed by atoms with E-state index in [-0.39, 0.29) is 6.61 Å². The molecule has 1 aliphatic heterocycles. The lowest BCUT2D eigenvalue weighted by atomic mass is 10.1. The number of nitrogens with zero attached hydrogens (tertiary/aromatic N) is 1. The zero-order valence-electron chi connectivity index (χ0n) is 14.6. The van der Waals surface area contributed by atoms with Gasteiger partial charge in [0.05, 0.1) is 6.61 Å². The molecule has 1 heterocycles. The molecule has 134 valence electrons. The number of hydrogen-bond acceptors (Lipinski definition) is 4. The van der Waals surface area contributed by atoms with Crippen LogP contribution in [0.3, 0.4) is 0 Å². The van der Waals surface area contributed by atoms with E-state index < -0.39 is 18.0 Å². The third-order valence-corrected chi connectivity index (χ3v) is 4.04. The summed E-state index contributed by atoms with van der Waals surface area (Å²) in [4.78, 5) is 25.7. The molecule has 0 N–H and O–H groups in total. The average Bonchev–Trinajstić information content (AvgIpc) is 3.07. The van der Waals surface area contributed by atoms with E-state index in [9.17, 15) is 9.59 Å². The summed E-state index contributed by atoms with van der Waals surface area (Å²) in [6.45, 7) is 2.86. The van der Waals surface area contributed by atoms with E-state index in [1.54, 1.807) is 6.08 Å². The SMILES string of the molecule is CCCOc1cccc(/C=C/C(=O)N2C(=O)OC[C@@H]2c2ccccc2)c1. The smallest absolute Gasteiger partial charge is 0.417 e. The summed E-state index contributed by atoms with van der Waals surface area (Å²) in [7, 11) is 0. The Bertz CT molecular complexity index is 801. The molecule has 0 saturated carbocycles. The number of ether oxygens (including phenoxy) is 2. The Hall–Kier alpha value is -3.08. The van der Waals surface area contributed by atoms with E-state index in [0.717, 1.165) is 28.2 Å². The van der Waals surface area contributed by atoms with Gasteiger partial charge in [0.15, 0.2) is 0 Å². The van der Waals surface area contributed by atoms with Crippen LogP contribution in [-0.4, -0.2) is 30.1 Å². The zero-order valence-corrected chi connectivity index (χ0v) is 14.6. The van der Waals surface area contributed by atoms with Crippen molar-refractivity contribution in [2.24, 2.45) is 0 Å². The van der Waals surface area contributed by atoms with Crippen molar-refractivity contribution in [1.82, 2.24) is 4.90 Å². The molecule has 0 spiro atoms. The van der Waals surface area contributed by atoms with Crippen LogP contribution < -0.4 is 4.74 Å². The van der Waals surface area contributed by atoms with Crippen molar-refractivity contribution in [1.29, 1.82) is 0 Å². The fourth-order valence-electron chi connectivity index (χ4n) is 2.76. The monoisotopic (exact) mass is 351 g/mol. The van der Waals surface area contributed by atoms with E-state index in [2.05, 4.69) is 0 Å². The fourth-order valence-corrected chi connectivity index (χ4v) is 2.76. The van der Waals surface area contributed by atoms with Crippen LogP contribution in [0.15, 0.2) is 60.7 Å². The van der Waals surface area contributed by atoms with Gasteiger partial charge in [-0.25, -0.2) is 9.69 Å². The second kappa shape index (κ2) is 8.34. The van der Waals surface area contributed by atoms with Gasteiger partial charge >= 0.3 is 6.09 Å². The van der Waals surface area contributed by atoms with Crippen LogP contribution in [0.4, 0.5) is 4.79 Å². The van der Waals surface area contributed by atoms with Gasteiger partial charge in [0.25, 0.3) is 5.91 Å². The van der Waals surface area contributed by atoms with Crippen molar-refractivity contribution in [3.63, 3.8) is 0 Å². The Morgan fingerprint density at radius 1 is 1.23 bits per heavy atom. The highest BCUT2D eigenvalue weighted by Crippen LogP contribution is 2.28. The maximum atomic E-state index is 12.6. The summed E-state index contributed by atoms with van der Waals surface area (Å²) in [5.74, 6) is 0.352. The van der Waals surface area contributed by atoms with Crippen molar-refractivity contribution in [3.8, 4) is 5.75 Å². The average molecular weight is 351 g/mol. The van der Waals surface area contributed by atoms with E-state index in [4.69, 9.17) is 9.47 Å². The number of cyclic esters (lactones) is 1. The van der Waals surface area contributed by atoms with Gasteiger partial charge in [-0.1, -0.05) is 49.4 Å². The molecule has 3 rings (SSSR count). The molecule has 5 nitrogen and oxygen atoms in total. The predicted molar refractivity (Wildman–Crippen MR) is 98.6 cm³/mol. The molecule has 1 fully saturated rings. The van der Waals surface area contributed by atoms with Gasteiger partial charge in [-0.2, -0.15) is 0 Å². The molecule has 2 amide bonds. The number of carbonyl (C=O) groups excluding carboxylic acids is 2. The summed E-state index contributed by atoms with van der Waals surface area (Å²) in [5.41, 5.74) is 1.70. The minimum Gasteiger partial charge on any atom is -0.494 e. The molecule has 26 heavy (non-hydrogen) atoms. The van der Waals surface area contributed by atoms with Gasteiger partial charge < -0.3 is 9.47 Å². The second-order valence-electron chi connectivity index (χ2n) is 5.97. The molecular formula is C21H21NO4. The first-order chi connectivity index (χ1) is 12.7. The number of imide groups is 1. The maximum absolute atomic E-state index is 12.6. The molecular weight excluding hydrogens is 330 g/mol. The van der Waals surface area contributed by atoms with Gasteiger partial charge in [0.1, 0.15) is 18.4 Å². The van der Waals surface area contributed by atoms with Crippen LogP contribution in [0.2, 0.25) is 0 Å². The summed E-state index contributed by atoms with van der Waals surface area (Å²) in [5, 5.41) is 0. The molecule has 0 radical (unpaired) electrons. The molecule has 0 unspecified atom stereocenters. The molecule has 1 saturated heterocycles.